The molecule has 4 nitrogen and oxygen atoms in total. The van der Waals surface area contributed by atoms with E-state index in [9.17, 15) is 9.00 Å². The molecule has 1 aliphatic heterocycles. The molecule has 0 spiro atoms. The van der Waals surface area contributed by atoms with E-state index in [4.69, 9.17) is 21.4 Å². The van der Waals surface area contributed by atoms with E-state index in [0.717, 1.165) is 12.8 Å². The highest BCUT2D eigenvalue weighted by Gasteiger charge is 2.19. The van der Waals surface area contributed by atoms with Crippen molar-refractivity contribution in [2.45, 2.75) is 17.7 Å². The van der Waals surface area contributed by atoms with Crippen LogP contribution in [0.5, 0.6) is 0 Å². The summed E-state index contributed by atoms with van der Waals surface area (Å²) in [5.41, 5.74) is -0.000468. The van der Waals surface area contributed by atoms with Crippen LogP contribution >= 0.6 is 11.6 Å². The Kier molecular flexibility index (Phi) is 4.96. The van der Waals surface area contributed by atoms with Crippen LogP contribution in [0.25, 0.3) is 0 Å². The van der Waals surface area contributed by atoms with Crippen molar-refractivity contribution >= 4 is 28.4 Å². The Morgan fingerprint density at radius 3 is 2.74 bits per heavy atom. The lowest BCUT2D eigenvalue weighted by molar-refractivity contribution is 0.0696. The molecule has 0 bridgehead atoms. The lowest BCUT2D eigenvalue weighted by Gasteiger charge is -2.21. The first kappa shape index (κ1) is 14.5. The Morgan fingerprint density at radius 2 is 2.11 bits per heavy atom. The molecule has 0 aliphatic carbocycles. The van der Waals surface area contributed by atoms with Crippen LogP contribution in [0.3, 0.4) is 0 Å². The summed E-state index contributed by atoms with van der Waals surface area (Å²) in [6, 6.07) is 4.52. The molecular weight excluding hydrogens is 288 g/mol. The third kappa shape index (κ3) is 3.78. The SMILES string of the molecule is O=C(O)c1cc(S(=O)CC2CCOCC2)ccc1Cl. The van der Waals surface area contributed by atoms with Crippen LogP contribution in [0.15, 0.2) is 23.1 Å². The molecule has 104 valence electrons. The number of carboxylic acids is 1. The summed E-state index contributed by atoms with van der Waals surface area (Å²) in [6.07, 6.45) is 1.82. The minimum Gasteiger partial charge on any atom is -0.478 e. The van der Waals surface area contributed by atoms with Crippen molar-refractivity contribution in [3.05, 3.63) is 28.8 Å². The first-order chi connectivity index (χ1) is 9.08. The van der Waals surface area contributed by atoms with Crippen LogP contribution < -0.4 is 0 Å². The number of halogens is 1. The fraction of sp³-hybridized carbons (Fsp3) is 0.462. The van der Waals surface area contributed by atoms with Gasteiger partial charge in [-0.25, -0.2) is 4.79 Å². The third-order valence-electron chi connectivity index (χ3n) is 3.16. The normalized spacial score (nSPS) is 18.2. The number of carboxylic acid groups (broad SMARTS) is 1. The molecule has 2 rings (SSSR count). The summed E-state index contributed by atoms with van der Waals surface area (Å²) >= 11 is 5.79. The third-order valence-corrected chi connectivity index (χ3v) is 5.04. The van der Waals surface area contributed by atoms with Gasteiger partial charge in [-0.3, -0.25) is 4.21 Å². The number of benzene rings is 1. The molecule has 0 amide bonds. The van der Waals surface area contributed by atoms with Gasteiger partial charge in [0.05, 0.1) is 21.4 Å². The maximum absolute atomic E-state index is 12.2. The second-order valence-electron chi connectivity index (χ2n) is 4.51. The van der Waals surface area contributed by atoms with Crippen molar-refractivity contribution in [2.75, 3.05) is 19.0 Å². The van der Waals surface area contributed by atoms with E-state index >= 15 is 0 Å². The summed E-state index contributed by atoms with van der Waals surface area (Å²) in [4.78, 5) is 11.5. The smallest absolute Gasteiger partial charge is 0.337 e. The maximum atomic E-state index is 12.2. The van der Waals surface area contributed by atoms with Gasteiger partial charge >= 0.3 is 5.97 Å². The predicted octanol–water partition coefficient (Wildman–Crippen LogP) is 2.57. The Bertz CT molecular complexity index is 497. The highest BCUT2D eigenvalue weighted by molar-refractivity contribution is 7.85. The van der Waals surface area contributed by atoms with Crippen molar-refractivity contribution in [2.24, 2.45) is 5.92 Å². The molecular formula is C13H15ClO4S. The van der Waals surface area contributed by atoms with Gasteiger partial charge in [0.25, 0.3) is 0 Å². The van der Waals surface area contributed by atoms with Crippen molar-refractivity contribution in [3.8, 4) is 0 Å². The van der Waals surface area contributed by atoms with Crippen molar-refractivity contribution in [1.29, 1.82) is 0 Å². The molecule has 1 aromatic rings. The van der Waals surface area contributed by atoms with Gasteiger partial charge in [0.1, 0.15) is 0 Å². The fourth-order valence-electron chi connectivity index (χ4n) is 2.03. The monoisotopic (exact) mass is 302 g/mol. The van der Waals surface area contributed by atoms with Crippen LogP contribution in [-0.2, 0) is 15.5 Å². The Balaban J connectivity index is 2.10. The number of hydrogen-bond donors (Lipinski definition) is 1. The zero-order chi connectivity index (χ0) is 13.8. The second kappa shape index (κ2) is 6.50. The van der Waals surface area contributed by atoms with E-state index in [1.165, 1.54) is 12.1 Å². The quantitative estimate of drug-likeness (QED) is 0.928. The van der Waals surface area contributed by atoms with Crippen LogP contribution in [0.4, 0.5) is 0 Å². The lowest BCUT2D eigenvalue weighted by Crippen LogP contribution is -2.21. The zero-order valence-electron chi connectivity index (χ0n) is 10.3. The van der Waals surface area contributed by atoms with Crippen LogP contribution in [0, 0.1) is 5.92 Å². The number of hydrogen-bond acceptors (Lipinski definition) is 3. The van der Waals surface area contributed by atoms with Crippen molar-refractivity contribution in [3.63, 3.8) is 0 Å². The van der Waals surface area contributed by atoms with E-state index in [1.807, 2.05) is 0 Å². The minimum atomic E-state index is -1.19. The summed E-state index contributed by atoms with van der Waals surface area (Å²) < 4.78 is 17.5. The zero-order valence-corrected chi connectivity index (χ0v) is 11.9. The summed E-state index contributed by atoms with van der Waals surface area (Å²) in [7, 11) is -1.19. The second-order valence-corrected chi connectivity index (χ2v) is 6.42. The van der Waals surface area contributed by atoms with Gasteiger partial charge in [0.15, 0.2) is 0 Å². The molecule has 0 radical (unpaired) electrons. The minimum absolute atomic E-state index is 0.000468. The Morgan fingerprint density at radius 1 is 1.42 bits per heavy atom. The first-order valence-electron chi connectivity index (χ1n) is 6.07. The Labute approximate surface area is 119 Å². The van der Waals surface area contributed by atoms with E-state index in [-0.39, 0.29) is 10.6 Å². The van der Waals surface area contributed by atoms with E-state index in [0.29, 0.717) is 29.8 Å². The highest BCUT2D eigenvalue weighted by Crippen LogP contribution is 2.23. The van der Waals surface area contributed by atoms with E-state index in [2.05, 4.69) is 0 Å². The highest BCUT2D eigenvalue weighted by atomic mass is 35.5. The number of ether oxygens (including phenoxy) is 1. The molecule has 1 N–H and O–H groups in total. The topological polar surface area (TPSA) is 63.6 Å². The van der Waals surface area contributed by atoms with Gasteiger partial charge in [-0.2, -0.15) is 0 Å². The molecule has 0 aromatic heterocycles. The van der Waals surface area contributed by atoms with Crippen LogP contribution in [0.2, 0.25) is 5.02 Å². The van der Waals surface area contributed by atoms with Crippen LogP contribution in [-0.4, -0.2) is 34.3 Å². The summed E-state index contributed by atoms with van der Waals surface area (Å²) in [6.45, 7) is 1.42. The number of aromatic carboxylic acids is 1. The molecule has 1 heterocycles. The number of carbonyl (C=O) groups is 1. The van der Waals surface area contributed by atoms with Gasteiger partial charge in [-0.15, -0.1) is 0 Å². The van der Waals surface area contributed by atoms with E-state index in [1.54, 1.807) is 6.07 Å². The fourth-order valence-corrected chi connectivity index (χ4v) is 3.65. The molecule has 1 aromatic carbocycles. The maximum Gasteiger partial charge on any atom is 0.337 e. The summed E-state index contributed by atoms with van der Waals surface area (Å²) in [5.74, 6) is -0.183. The molecule has 6 heteroatoms. The van der Waals surface area contributed by atoms with Gasteiger partial charge in [-0.05, 0) is 37.0 Å². The lowest BCUT2D eigenvalue weighted by atomic mass is 10.0. The molecule has 1 aliphatic rings. The van der Waals surface area contributed by atoms with Crippen molar-refractivity contribution < 1.29 is 18.8 Å². The average Bonchev–Trinajstić information content (AvgIpc) is 2.40. The molecule has 19 heavy (non-hydrogen) atoms. The number of rotatable bonds is 4. The van der Waals surface area contributed by atoms with Gasteiger partial charge < -0.3 is 9.84 Å². The van der Waals surface area contributed by atoms with Crippen LogP contribution in [0.1, 0.15) is 23.2 Å². The molecule has 0 saturated carbocycles. The standard InChI is InChI=1S/C13H15ClO4S/c14-12-2-1-10(7-11(12)13(15)16)19(17)8-9-3-5-18-6-4-9/h1-2,7,9H,3-6,8H2,(H,15,16). The molecule has 1 atom stereocenters. The molecule has 1 fully saturated rings. The first-order valence-corrected chi connectivity index (χ1v) is 7.76. The average molecular weight is 303 g/mol. The molecule has 1 unspecified atom stereocenters. The van der Waals surface area contributed by atoms with Gasteiger partial charge in [0.2, 0.25) is 0 Å². The van der Waals surface area contributed by atoms with Gasteiger partial charge in [-0.1, -0.05) is 11.6 Å². The predicted molar refractivity (Wildman–Crippen MR) is 73.2 cm³/mol. The largest absolute Gasteiger partial charge is 0.478 e. The Hall–Kier alpha value is -0.910. The summed E-state index contributed by atoms with van der Waals surface area (Å²) in [5, 5.41) is 9.16. The van der Waals surface area contributed by atoms with E-state index < -0.39 is 16.8 Å². The van der Waals surface area contributed by atoms with Gasteiger partial charge in [0, 0.05) is 23.9 Å². The molecule has 1 saturated heterocycles. The van der Waals surface area contributed by atoms with Crippen molar-refractivity contribution in [1.82, 2.24) is 0 Å².